The lowest BCUT2D eigenvalue weighted by Crippen LogP contribution is -2.44. The van der Waals surface area contributed by atoms with Gasteiger partial charge in [0.05, 0.1) is 6.04 Å². The van der Waals surface area contributed by atoms with Crippen molar-refractivity contribution >= 4 is 20.4 Å². The molecule has 6 heteroatoms. The van der Waals surface area contributed by atoms with Gasteiger partial charge in [0.2, 0.25) is 0 Å². The van der Waals surface area contributed by atoms with Crippen LogP contribution in [0.5, 0.6) is 0 Å². The van der Waals surface area contributed by atoms with Gasteiger partial charge >= 0.3 is 8.80 Å². The summed E-state index contributed by atoms with van der Waals surface area (Å²) in [5.41, 5.74) is 1.21. The van der Waals surface area contributed by atoms with Crippen LogP contribution in [0.4, 0.5) is 0 Å². The lowest BCUT2D eigenvalue weighted by molar-refractivity contribution is 0.0968. The Kier molecular flexibility index (Phi) is 10.4. The van der Waals surface area contributed by atoms with Crippen LogP contribution >= 0.6 is 11.6 Å². The second-order valence-corrected chi connectivity index (χ2v) is 8.51. The fourth-order valence-electron chi connectivity index (χ4n) is 2.32. The minimum absolute atomic E-state index is 0.152. The Morgan fingerprint density at radius 2 is 1.91 bits per heavy atom. The van der Waals surface area contributed by atoms with E-state index in [0.29, 0.717) is 12.5 Å². The first-order chi connectivity index (χ1) is 11.2. The topological polar surface area (TPSA) is 39.7 Å². The highest BCUT2D eigenvalue weighted by Crippen LogP contribution is 2.17. The zero-order valence-electron chi connectivity index (χ0n) is 14.1. The molecule has 1 unspecified atom stereocenters. The highest BCUT2D eigenvalue weighted by molar-refractivity contribution is 6.60. The monoisotopic (exact) mass is 357 g/mol. The molecule has 0 saturated heterocycles. The molecule has 0 amide bonds. The van der Waals surface area contributed by atoms with Crippen LogP contribution in [0.25, 0.3) is 0 Å². The van der Waals surface area contributed by atoms with Crippen molar-refractivity contribution in [1.82, 2.24) is 5.32 Å². The van der Waals surface area contributed by atoms with Crippen molar-refractivity contribution in [2.75, 3.05) is 33.3 Å². The number of halogens is 1. The van der Waals surface area contributed by atoms with Crippen molar-refractivity contribution in [3.63, 3.8) is 0 Å². The smallest absolute Gasteiger partial charge is 0.377 e. The lowest BCUT2D eigenvalue weighted by atomic mass is 10.1. The Labute approximate surface area is 146 Å². The standard InChI is InChI=1S/C17H28ClNO3Si/c1-4-17(16-10-6-5-7-11-16)19-13-9-14-22-23(20-2,21-3)15-8-12-18/h4-7,10-11,17,19H,1,8-9,12-15H2,2-3H3. The van der Waals surface area contributed by atoms with Gasteiger partial charge in [0, 0.05) is 32.8 Å². The average Bonchev–Trinajstić information content (AvgIpc) is 2.62. The van der Waals surface area contributed by atoms with Crippen molar-refractivity contribution in [2.45, 2.75) is 24.9 Å². The minimum Gasteiger partial charge on any atom is -0.377 e. The molecule has 0 aliphatic carbocycles. The first-order valence-corrected chi connectivity index (χ1v) is 10.4. The van der Waals surface area contributed by atoms with Crippen molar-refractivity contribution in [1.29, 1.82) is 0 Å². The zero-order chi connectivity index (χ0) is 17.0. The van der Waals surface area contributed by atoms with Gasteiger partial charge in [-0.1, -0.05) is 36.4 Å². The molecule has 0 saturated carbocycles. The molecular formula is C17H28ClNO3Si. The average molecular weight is 358 g/mol. The van der Waals surface area contributed by atoms with E-state index >= 15 is 0 Å². The van der Waals surface area contributed by atoms with Crippen LogP contribution in [0.3, 0.4) is 0 Å². The molecule has 130 valence electrons. The fraction of sp³-hybridized carbons (Fsp3) is 0.529. The van der Waals surface area contributed by atoms with Crippen LogP contribution in [0.15, 0.2) is 43.0 Å². The molecule has 0 radical (unpaired) electrons. The number of rotatable bonds is 13. The second kappa shape index (κ2) is 11.8. The van der Waals surface area contributed by atoms with Gasteiger partial charge in [-0.3, -0.25) is 0 Å². The predicted molar refractivity (Wildman–Crippen MR) is 97.9 cm³/mol. The fourth-order valence-corrected chi connectivity index (χ4v) is 4.69. The molecule has 1 N–H and O–H groups in total. The molecule has 0 fully saturated rings. The van der Waals surface area contributed by atoms with E-state index in [-0.39, 0.29) is 6.04 Å². The van der Waals surface area contributed by atoms with E-state index in [1.807, 2.05) is 24.3 Å². The van der Waals surface area contributed by atoms with Gasteiger partial charge in [0.15, 0.2) is 0 Å². The van der Waals surface area contributed by atoms with Gasteiger partial charge in [-0.05, 0) is 24.9 Å². The van der Waals surface area contributed by atoms with Crippen molar-refractivity contribution in [3.05, 3.63) is 48.6 Å². The summed E-state index contributed by atoms with van der Waals surface area (Å²) < 4.78 is 16.9. The molecule has 1 aromatic rings. The van der Waals surface area contributed by atoms with E-state index in [4.69, 9.17) is 24.9 Å². The maximum absolute atomic E-state index is 5.92. The van der Waals surface area contributed by atoms with Gasteiger partial charge < -0.3 is 18.6 Å². The summed E-state index contributed by atoms with van der Waals surface area (Å²) in [4.78, 5) is 0. The van der Waals surface area contributed by atoms with Gasteiger partial charge in [0.1, 0.15) is 0 Å². The molecule has 0 aliphatic rings. The van der Waals surface area contributed by atoms with Gasteiger partial charge in [-0.2, -0.15) is 0 Å². The highest BCUT2D eigenvalue weighted by Gasteiger charge is 2.38. The first-order valence-electron chi connectivity index (χ1n) is 7.92. The van der Waals surface area contributed by atoms with Crippen LogP contribution in [-0.2, 0) is 13.3 Å². The summed E-state index contributed by atoms with van der Waals surface area (Å²) in [6, 6.07) is 11.2. The third-order valence-electron chi connectivity index (χ3n) is 3.64. The maximum Gasteiger partial charge on any atom is 0.500 e. The van der Waals surface area contributed by atoms with Crippen LogP contribution in [-0.4, -0.2) is 42.1 Å². The molecule has 0 bridgehead atoms. The van der Waals surface area contributed by atoms with Crippen LogP contribution < -0.4 is 5.32 Å². The summed E-state index contributed by atoms with van der Waals surface area (Å²) in [5.74, 6) is 0.588. The normalized spacial score (nSPS) is 13.0. The third-order valence-corrected chi connectivity index (χ3v) is 6.76. The second-order valence-electron chi connectivity index (χ2n) is 5.16. The summed E-state index contributed by atoms with van der Waals surface area (Å²) in [6.45, 7) is 5.33. The molecule has 4 nitrogen and oxygen atoms in total. The summed E-state index contributed by atoms with van der Waals surface area (Å²) in [5, 5.41) is 3.47. The van der Waals surface area contributed by atoms with E-state index in [2.05, 4.69) is 24.0 Å². The van der Waals surface area contributed by atoms with E-state index < -0.39 is 8.80 Å². The zero-order valence-corrected chi connectivity index (χ0v) is 15.8. The van der Waals surface area contributed by atoms with Crippen LogP contribution in [0.1, 0.15) is 24.4 Å². The summed E-state index contributed by atoms with van der Waals surface area (Å²) in [7, 11) is 0.742. The molecule has 0 spiro atoms. The van der Waals surface area contributed by atoms with Crippen LogP contribution in [0.2, 0.25) is 6.04 Å². The van der Waals surface area contributed by atoms with E-state index in [1.165, 1.54) is 5.56 Å². The Balaban J connectivity index is 2.34. The van der Waals surface area contributed by atoms with E-state index in [1.54, 1.807) is 14.2 Å². The van der Waals surface area contributed by atoms with Crippen LogP contribution in [0, 0.1) is 0 Å². The maximum atomic E-state index is 5.92. The molecule has 0 aromatic heterocycles. The highest BCUT2D eigenvalue weighted by atomic mass is 35.5. The third kappa shape index (κ3) is 7.16. The largest absolute Gasteiger partial charge is 0.500 e. The van der Waals surface area contributed by atoms with E-state index in [0.717, 1.165) is 25.4 Å². The molecule has 1 aromatic carbocycles. The summed E-state index contributed by atoms with van der Waals surface area (Å²) >= 11 is 5.75. The van der Waals surface area contributed by atoms with Crippen molar-refractivity contribution in [2.24, 2.45) is 0 Å². The first kappa shape index (κ1) is 20.4. The van der Waals surface area contributed by atoms with Gasteiger partial charge in [-0.15, -0.1) is 18.2 Å². The number of hydrogen-bond acceptors (Lipinski definition) is 4. The molecule has 0 aliphatic heterocycles. The lowest BCUT2D eigenvalue weighted by Gasteiger charge is -2.26. The molecule has 1 rings (SSSR count). The number of hydrogen-bond donors (Lipinski definition) is 1. The van der Waals surface area contributed by atoms with Gasteiger partial charge in [-0.25, -0.2) is 0 Å². The Bertz CT molecular complexity index is 429. The number of benzene rings is 1. The molecule has 23 heavy (non-hydrogen) atoms. The Morgan fingerprint density at radius 3 is 2.48 bits per heavy atom. The molecule has 1 atom stereocenters. The SMILES string of the molecule is C=CC(NCCCO[Si](CCCCl)(OC)OC)c1ccccc1. The summed E-state index contributed by atoms with van der Waals surface area (Å²) in [6.07, 6.45) is 3.62. The predicted octanol–water partition coefficient (Wildman–Crippen LogP) is 3.77. The number of alkyl halides is 1. The van der Waals surface area contributed by atoms with Crippen molar-refractivity contribution in [3.8, 4) is 0 Å². The van der Waals surface area contributed by atoms with Crippen molar-refractivity contribution < 1.29 is 13.3 Å². The molecule has 0 heterocycles. The Hall–Kier alpha value is -0.693. The number of nitrogens with one attached hydrogen (secondary N) is 1. The quantitative estimate of drug-likeness (QED) is 0.252. The Morgan fingerprint density at radius 1 is 1.22 bits per heavy atom. The minimum atomic E-state index is -2.55. The van der Waals surface area contributed by atoms with Gasteiger partial charge in [0.25, 0.3) is 0 Å². The van der Waals surface area contributed by atoms with E-state index in [9.17, 15) is 0 Å². The molecular weight excluding hydrogens is 330 g/mol.